The van der Waals surface area contributed by atoms with Crippen LogP contribution in [0.1, 0.15) is 0 Å². The first-order chi connectivity index (χ1) is 8.54. The van der Waals surface area contributed by atoms with Crippen molar-refractivity contribution in [1.29, 1.82) is 0 Å². The van der Waals surface area contributed by atoms with Gasteiger partial charge in [-0.2, -0.15) is 0 Å². The lowest BCUT2D eigenvalue weighted by atomic mass is 9.83. The van der Waals surface area contributed by atoms with Gasteiger partial charge in [-0.3, -0.25) is 0 Å². The van der Waals surface area contributed by atoms with E-state index in [1.165, 1.54) is 0 Å². The SMILES string of the molecule is OC1C(O)C2C(C1Cl)C1(Cl)C(Cl)=C(Cl)C2(Cl)C1(Cl)Cl. The maximum Gasteiger partial charge on any atom is 0.166 e. The summed E-state index contributed by atoms with van der Waals surface area (Å²) in [5.74, 6) is -1.47. The molecule has 0 saturated heterocycles. The summed E-state index contributed by atoms with van der Waals surface area (Å²) in [6.07, 6.45) is -2.44. The maximum atomic E-state index is 10.2. The lowest BCUT2D eigenvalue weighted by Gasteiger charge is -2.35. The van der Waals surface area contributed by atoms with Crippen molar-refractivity contribution in [2.24, 2.45) is 11.8 Å². The van der Waals surface area contributed by atoms with Gasteiger partial charge >= 0.3 is 0 Å². The zero-order valence-electron chi connectivity index (χ0n) is 8.93. The molecule has 2 nitrogen and oxygen atoms in total. The molecule has 9 heteroatoms. The van der Waals surface area contributed by atoms with Crippen LogP contribution >= 0.6 is 81.2 Å². The van der Waals surface area contributed by atoms with E-state index >= 15 is 0 Å². The van der Waals surface area contributed by atoms with Gasteiger partial charge < -0.3 is 10.2 Å². The maximum absolute atomic E-state index is 10.2. The lowest BCUT2D eigenvalue weighted by molar-refractivity contribution is 0.0158. The van der Waals surface area contributed by atoms with Crippen LogP contribution in [0.25, 0.3) is 0 Å². The number of allylic oxidation sites excluding steroid dienone is 2. The van der Waals surface area contributed by atoms with Gasteiger partial charge in [0, 0.05) is 11.8 Å². The molecular formula is C10H7Cl7O2. The van der Waals surface area contributed by atoms with Gasteiger partial charge in [0.15, 0.2) is 4.33 Å². The van der Waals surface area contributed by atoms with E-state index in [0.717, 1.165) is 0 Å². The van der Waals surface area contributed by atoms with E-state index < -0.39 is 43.5 Å². The molecule has 3 aliphatic rings. The van der Waals surface area contributed by atoms with Crippen LogP contribution in [-0.2, 0) is 0 Å². The summed E-state index contributed by atoms with van der Waals surface area (Å²) >= 11 is 44.1. The average molecular weight is 407 g/mol. The highest BCUT2D eigenvalue weighted by Crippen LogP contribution is 2.79. The predicted molar refractivity (Wildman–Crippen MR) is 79.0 cm³/mol. The van der Waals surface area contributed by atoms with Crippen LogP contribution in [0.15, 0.2) is 10.1 Å². The number of aliphatic hydroxyl groups is 2. The smallest absolute Gasteiger partial charge is 0.166 e. The Hall–Kier alpha value is 1.69. The van der Waals surface area contributed by atoms with Crippen LogP contribution in [0.2, 0.25) is 0 Å². The fourth-order valence-electron chi connectivity index (χ4n) is 3.54. The molecule has 3 rings (SSSR count). The molecule has 0 aromatic heterocycles. The van der Waals surface area contributed by atoms with Gasteiger partial charge in [-0.1, -0.05) is 46.4 Å². The molecule has 0 aromatic carbocycles. The average Bonchev–Trinajstić information content (AvgIpc) is 2.69. The third kappa shape index (κ3) is 1.34. The van der Waals surface area contributed by atoms with Crippen molar-refractivity contribution in [3.8, 4) is 0 Å². The predicted octanol–water partition coefficient (Wildman–Crippen LogP) is 3.41. The third-order valence-corrected chi connectivity index (χ3v) is 9.26. The Balaban J connectivity index is 2.29. The second-order valence-corrected chi connectivity index (χ2v) is 8.88. The van der Waals surface area contributed by atoms with Crippen LogP contribution in [-0.4, -0.2) is 41.9 Å². The van der Waals surface area contributed by atoms with E-state index in [-0.39, 0.29) is 10.1 Å². The molecule has 19 heavy (non-hydrogen) atoms. The van der Waals surface area contributed by atoms with E-state index in [2.05, 4.69) is 0 Å². The Labute approximate surface area is 144 Å². The summed E-state index contributed by atoms with van der Waals surface area (Å²) in [6.45, 7) is 0. The lowest BCUT2D eigenvalue weighted by Crippen LogP contribution is -2.49. The highest BCUT2D eigenvalue weighted by atomic mass is 35.5. The summed E-state index contributed by atoms with van der Waals surface area (Å²) < 4.78 is -1.74. The number of aliphatic hydroxyl groups excluding tert-OH is 2. The quantitative estimate of drug-likeness (QED) is 0.605. The van der Waals surface area contributed by atoms with Gasteiger partial charge in [-0.15, -0.1) is 34.8 Å². The highest BCUT2D eigenvalue weighted by molar-refractivity contribution is 6.65. The van der Waals surface area contributed by atoms with Crippen molar-refractivity contribution in [3.63, 3.8) is 0 Å². The normalized spacial score (nSPS) is 58.9. The van der Waals surface area contributed by atoms with Gasteiger partial charge in [0.25, 0.3) is 0 Å². The molecule has 2 fully saturated rings. The summed E-state index contributed by atoms with van der Waals surface area (Å²) in [7, 11) is 0. The molecule has 0 heterocycles. The van der Waals surface area contributed by atoms with Gasteiger partial charge in [0.2, 0.25) is 0 Å². The van der Waals surface area contributed by atoms with Crippen LogP contribution in [0.3, 0.4) is 0 Å². The van der Waals surface area contributed by atoms with Crippen molar-refractivity contribution in [2.45, 2.75) is 31.7 Å². The standard InChI is InChI=1S/C10H7Cl7O2/c11-3-1-2(4(18)5(3)19)9(15)7(13)6(12)8(1,14)10(9,16)17/h1-5,18-19H. The summed E-state index contributed by atoms with van der Waals surface area (Å²) in [5, 5.41) is 19.2. The number of rotatable bonds is 0. The molecule has 0 amide bonds. The molecule has 7 atom stereocenters. The van der Waals surface area contributed by atoms with E-state index in [1.54, 1.807) is 0 Å². The molecular weight excluding hydrogens is 400 g/mol. The second-order valence-electron chi connectivity index (χ2n) is 5.10. The van der Waals surface area contributed by atoms with Crippen molar-refractivity contribution < 1.29 is 10.2 Å². The zero-order chi connectivity index (χ0) is 14.5. The fourth-order valence-corrected chi connectivity index (χ4v) is 7.18. The highest BCUT2D eigenvalue weighted by Gasteiger charge is 2.86. The Kier molecular flexibility index (Phi) is 3.41. The van der Waals surface area contributed by atoms with E-state index in [9.17, 15) is 10.2 Å². The summed E-state index contributed by atoms with van der Waals surface area (Å²) in [4.78, 5) is -3.11. The molecule has 0 spiro atoms. The van der Waals surface area contributed by atoms with Crippen molar-refractivity contribution >= 4 is 81.2 Å². The Morgan fingerprint density at radius 3 is 1.68 bits per heavy atom. The fraction of sp³-hybridized carbons (Fsp3) is 0.800. The van der Waals surface area contributed by atoms with Crippen LogP contribution in [0.4, 0.5) is 0 Å². The monoisotopic (exact) mass is 404 g/mol. The van der Waals surface area contributed by atoms with Gasteiger partial charge in [0.05, 0.1) is 27.6 Å². The molecule has 3 aliphatic carbocycles. The first-order valence-electron chi connectivity index (χ1n) is 5.36. The minimum absolute atomic E-state index is 0.00546. The van der Waals surface area contributed by atoms with E-state index in [4.69, 9.17) is 81.2 Å². The second kappa shape index (κ2) is 4.15. The number of halogens is 7. The first kappa shape index (κ1) is 15.6. The summed E-state index contributed by atoms with van der Waals surface area (Å²) in [5.41, 5.74) is 0. The Morgan fingerprint density at radius 1 is 0.789 bits per heavy atom. The minimum Gasteiger partial charge on any atom is -0.390 e. The van der Waals surface area contributed by atoms with Crippen LogP contribution in [0, 0.1) is 11.8 Å². The van der Waals surface area contributed by atoms with Crippen molar-refractivity contribution in [2.75, 3.05) is 0 Å². The number of hydrogen-bond donors (Lipinski definition) is 2. The van der Waals surface area contributed by atoms with Crippen LogP contribution in [0.5, 0.6) is 0 Å². The first-order valence-corrected chi connectivity index (χ1v) is 8.07. The number of fused-ring (bicyclic) bond motifs is 5. The largest absolute Gasteiger partial charge is 0.390 e. The molecule has 0 aliphatic heterocycles. The van der Waals surface area contributed by atoms with Crippen molar-refractivity contribution in [1.82, 2.24) is 0 Å². The molecule has 2 bridgehead atoms. The molecule has 2 N–H and O–H groups in total. The molecule has 108 valence electrons. The third-order valence-electron chi connectivity index (χ3n) is 4.44. The number of alkyl halides is 5. The minimum atomic E-state index is -1.74. The zero-order valence-corrected chi connectivity index (χ0v) is 14.2. The van der Waals surface area contributed by atoms with Gasteiger partial charge in [0.1, 0.15) is 9.75 Å². The van der Waals surface area contributed by atoms with Gasteiger partial charge in [-0.25, -0.2) is 0 Å². The Bertz CT molecular complexity index is 454. The topological polar surface area (TPSA) is 40.5 Å². The molecule has 2 saturated carbocycles. The number of hydrogen-bond acceptors (Lipinski definition) is 2. The van der Waals surface area contributed by atoms with Gasteiger partial charge in [-0.05, 0) is 0 Å². The van der Waals surface area contributed by atoms with E-state index in [0.29, 0.717) is 0 Å². The molecule has 0 aromatic rings. The van der Waals surface area contributed by atoms with Crippen LogP contribution < -0.4 is 0 Å². The molecule has 7 unspecified atom stereocenters. The summed E-state index contributed by atoms with van der Waals surface area (Å²) in [6, 6.07) is 0. The van der Waals surface area contributed by atoms with Crippen molar-refractivity contribution in [3.05, 3.63) is 10.1 Å². The Morgan fingerprint density at radius 2 is 1.21 bits per heavy atom. The molecule has 0 radical (unpaired) electrons. The van der Waals surface area contributed by atoms with E-state index in [1.807, 2.05) is 0 Å².